The van der Waals surface area contributed by atoms with Crippen LogP contribution in [0.1, 0.15) is 12.0 Å². The molecule has 1 amide bonds. The monoisotopic (exact) mass is 380 g/mol. The van der Waals surface area contributed by atoms with Crippen LogP contribution < -0.4 is 11.1 Å². The van der Waals surface area contributed by atoms with Gasteiger partial charge in [-0.3, -0.25) is 4.79 Å². The normalized spacial score (nSPS) is 12.9. The lowest BCUT2D eigenvalue weighted by Crippen LogP contribution is -2.42. The van der Waals surface area contributed by atoms with Crippen LogP contribution in [0.2, 0.25) is 0 Å². The number of sulfone groups is 1. The Kier molecular flexibility index (Phi) is 7.28. The summed E-state index contributed by atoms with van der Waals surface area (Å²) in [6.45, 7) is 0.515. The van der Waals surface area contributed by atoms with Gasteiger partial charge < -0.3 is 11.1 Å². The number of rotatable bonds is 9. The van der Waals surface area contributed by atoms with Crippen molar-refractivity contribution in [3.8, 4) is 0 Å². The number of hydrogen-bond acceptors (Lipinski definition) is 5. The third kappa shape index (κ3) is 6.68. The second-order valence-corrected chi connectivity index (χ2v) is 9.37. The van der Waals surface area contributed by atoms with E-state index in [0.29, 0.717) is 6.54 Å². The van der Waals surface area contributed by atoms with Crippen molar-refractivity contribution < 1.29 is 13.2 Å². The molecule has 0 aliphatic carbocycles. The maximum absolute atomic E-state index is 11.8. The van der Waals surface area contributed by atoms with Gasteiger partial charge >= 0.3 is 0 Å². The second kappa shape index (κ2) is 9.22. The van der Waals surface area contributed by atoms with Crippen LogP contribution >= 0.6 is 11.8 Å². The van der Waals surface area contributed by atoms with Gasteiger partial charge in [0.1, 0.15) is 9.84 Å². The highest BCUT2D eigenvalue weighted by Gasteiger charge is 2.15. The number of nitrogens with two attached hydrogens (primary N) is 1. The summed E-state index contributed by atoms with van der Waals surface area (Å²) < 4.78 is 22.2. The summed E-state index contributed by atoms with van der Waals surface area (Å²) in [5, 5.41) is 5.24. The Balaban J connectivity index is 1.71. The van der Waals surface area contributed by atoms with E-state index in [4.69, 9.17) is 5.73 Å². The van der Waals surface area contributed by atoms with Crippen LogP contribution in [-0.2, 0) is 20.4 Å². The third-order valence-electron chi connectivity index (χ3n) is 3.82. The zero-order valence-corrected chi connectivity index (χ0v) is 15.9. The van der Waals surface area contributed by atoms with Crippen LogP contribution in [-0.4, -0.2) is 44.7 Å². The number of benzene rings is 2. The molecule has 1 unspecified atom stereocenters. The molecule has 5 nitrogen and oxygen atoms in total. The first-order valence-corrected chi connectivity index (χ1v) is 11.3. The summed E-state index contributed by atoms with van der Waals surface area (Å²) >= 11 is 1.74. The second-order valence-electron chi connectivity index (χ2n) is 6.01. The van der Waals surface area contributed by atoms with Crippen LogP contribution in [0, 0.1) is 0 Å². The fourth-order valence-electron chi connectivity index (χ4n) is 2.45. The van der Waals surface area contributed by atoms with E-state index >= 15 is 0 Å². The molecule has 136 valence electrons. The van der Waals surface area contributed by atoms with Gasteiger partial charge in [-0.05, 0) is 22.8 Å². The minimum atomic E-state index is -3.09. The summed E-state index contributed by atoms with van der Waals surface area (Å²) in [4.78, 5) is 11.8. The van der Waals surface area contributed by atoms with Crippen LogP contribution in [0.25, 0.3) is 10.8 Å². The fourth-order valence-corrected chi connectivity index (χ4v) is 3.99. The molecule has 0 aliphatic rings. The molecule has 2 rings (SSSR count). The Labute approximate surface area is 153 Å². The molecular formula is C18H24N2O3S2. The van der Waals surface area contributed by atoms with E-state index in [0.717, 1.165) is 17.8 Å². The first-order valence-electron chi connectivity index (χ1n) is 8.12. The zero-order valence-electron chi connectivity index (χ0n) is 14.3. The lowest BCUT2D eigenvalue weighted by Gasteiger charge is -2.12. The summed E-state index contributed by atoms with van der Waals surface area (Å²) in [6, 6.07) is 13.8. The van der Waals surface area contributed by atoms with Crippen molar-refractivity contribution >= 4 is 38.3 Å². The number of fused-ring (bicyclic) bond motifs is 1. The van der Waals surface area contributed by atoms with Crippen molar-refractivity contribution in [1.29, 1.82) is 0 Å². The molecule has 0 fully saturated rings. The SMILES string of the molecule is CS(=O)(=O)CCC(N)C(=O)NCCSCc1cccc2ccccc12. The summed E-state index contributed by atoms with van der Waals surface area (Å²) in [5.41, 5.74) is 6.99. The summed E-state index contributed by atoms with van der Waals surface area (Å²) in [7, 11) is -3.09. The summed E-state index contributed by atoms with van der Waals surface area (Å²) in [6.07, 6.45) is 1.29. The van der Waals surface area contributed by atoms with Crippen molar-refractivity contribution in [2.24, 2.45) is 5.73 Å². The van der Waals surface area contributed by atoms with Gasteiger partial charge in [0.25, 0.3) is 0 Å². The van der Waals surface area contributed by atoms with Gasteiger partial charge in [0, 0.05) is 24.3 Å². The molecule has 0 saturated carbocycles. The van der Waals surface area contributed by atoms with Gasteiger partial charge in [-0.1, -0.05) is 42.5 Å². The average molecular weight is 381 g/mol. The van der Waals surface area contributed by atoms with Crippen molar-refractivity contribution in [3.63, 3.8) is 0 Å². The molecule has 1 atom stereocenters. The molecule has 2 aromatic rings. The maximum Gasteiger partial charge on any atom is 0.236 e. The van der Waals surface area contributed by atoms with Gasteiger partial charge in [0.05, 0.1) is 11.8 Å². The highest BCUT2D eigenvalue weighted by molar-refractivity contribution is 7.98. The lowest BCUT2D eigenvalue weighted by molar-refractivity contribution is -0.122. The molecule has 0 aliphatic heterocycles. The molecule has 7 heteroatoms. The number of amides is 1. The van der Waals surface area contributed by atoms with Gasteiger partial charge in [-0.25, -0.2) is 8.42 Å². The summed E-state index contributed by atoms with van der Waals surface area (Å²) in [5.74, 6) is 1.28. The van der Waals surface area contributed by atoms with Crippen LogP contribution in [0.5, 0.6) is 0 Å². The largest absolute Gasteiger partial charge is 0.354 e. The van der Waals surface area contributed by atoms with E-state index in [9.17, 15) is 13.2 Å². The standard InChI is InChI=1S/C18H24N2O3S2/c1-25(22,23)12-9-17(19)18(21)20-10-11-24-13-15-7-4-6-14-5-2-3-8-16(14)15/h2-8,17H,9-13,19H2,1H3,(H,20,21). The molecule has 0 aromatic heterocycles. The van der Waals surface area contributed by atoms with Crippen molar-refractivity contribution in [3.05, 3.63) is 48.0 Å². The predicted octanol–water partition coefficient (Wildman–Crippen LogP) is 1.95. The minimum absolute atomic E-state index is 0.0720. The van der Waals surface area contributed by atoms with Crippen LogP contribution in [0.15, 0.2) is 42.5 Å². The van der Waals surface area contributed by atoms with Crippen LogP contribution in [0.3, 0.4) is 0 Å². The Hall–Kier alpha value is -1.57. The molecule has 0 heterocycles. The quantitative estimate of drug-likeness (QED) is 0.649. The van der Waals surface area contributed by atoms with Crippen molar-refractivity contribution in [1.82, 2.24) is 5.32 Å². The molecule has 0 radical (unpaired) electrons. The number of thioether (sulfide) groups is 1. The molecule has 2 aromatic carbocycles. The van der Waals surface area contributed by atoms with E-state index in [-0.39, 0.29) is 18.1 Å². The Morgan fingerprint density at radius 3 is 2.68 bits per heavy atom. The number of carbonyl (C=O) groups is 1. The van der Waals surface area contributed by atoms with E-state index in [2.05, 4.69) is 35.6 Å². The highest BCUT2D eigenvalue weighted by atomic mass is 32.2. The van der Waals surface area contributed by atoms with Crippen LogP contribution in [0.4, 0.5) is 0 Å². The Bertz CT molecular complexity index is 817. The average Bonchev–Trinajstić information content (AvgIpc) is 2.58. The van der Waals surface area contributed by atoms with Gasteiger partial charge in [0.15, 0.2) is 0 Å². The molecular weight excluding hydrogens is 356 g/mol. The number of nitrogens with one attached hydrogen (secondary N) is 1. The molecule has 0 saturated heterocycles. The fraction of sp³-hybridized carbons (Fsp3) is 0.389. The molecule has 3 N–H and O–H groups in total. The van der Waals surface area contributed by atoms with E-state index < -0.39 is 15.9 Å². The van der Waals surface area contributed by atoms with E-state index in [1.54, 1.807) is 11.8 Å². The number of carbonyl (C=O) groups excluding carboxylic acids is 1. The van der Waals surface area contributed by atoms with Crippen molar-refractivity contribution in [2.75, 3.05) is 24.3 Å². The van der Waals surface area contributed by atoms with Crippen molar-refractivity contribution in [2.45, 2.75) is 18.2 Å². The molecule has 0 spiro atoms. The van der Waals surface area contributed by atoms with Gasteiger partial charge in [-0.2, -0.15) is 11.8 Å². The first kappa shape index (κ1) is 19.8. The topological polar surface area (TPSA) is 89.3 Å². The van der Waals surface area contributed by atoms with E-state index in [1.807, 2.05) is 12.1 Å². The number of hydrogen-bond donors (Lipinski definition) is 2. The van der Waals surface area contributed by atoms with E-state index in [1.165, 1.54) is 16.3 Å². The first-order chi connectivity index (χ1) is 11.9. The Morgan fingerprint density at radius 1 is 1.20 bits per heavy atom. The minimum Gasteiger partial charge on any atom is -0.354 e. The lowest BCUT2D eigenvalue weighted by atomic mass is 10.1. The van der Waals surface area contributed by atoms with Gasteiger partial charge in [0.2, 0.25) is 5.91 Å². The zero-order chi connectivity index (χ0) is 18.3. The molecule has 25 heavy (non-hydrogen) atoms. The maximum atomic E-state index is 11.8. The molecule has 0 bridgehead atoms. The third-order valence-corrected chi connectivity index (χ3v) is 5.80. The predicted molar refractivity (Wildman–Crippen MR) is 105 cm³/mol. The van der Waals surface area contributed by atoms with Gasteiger partial charge in [-0.15, -0.1) is 0 Å². The highest BCUT2D eigenvalue weighted by Crippen LogP contribution is 2.22. The Morgan fingerprint density at radius 2 is 1.92 bits per heavy atom. The smallest absolute Gasteiger partial charge is 0.236 e.